The van der Waals surface area contributed by atoms with Gasteiger partial charge in [-0.25, -0.2) is 0 Å². The third-order valence-corrected chi connectivity index (χ3v) is 4.71. The van der Waals surface area contributed by atoms with Crippen LogP contribution in [0, 0.1) is 0 Å². The van der Waals surface area contributed by atoms with Crippen molar-refractivity contribution in [2.24, 2.45) is 0 Å². The largest absolute Gasteiger partial charge is 0.485 e. The minimum absolute atomic E-state index is 0.440. The maximum atomic E-state index is 13.4. The normalized spacial score (nSPS) is 18.1. The van der Waals surface area contributed by atoms with Crippen LogP contribution >= 0.6 is 9.45 Å². The molecule has 0 amide bonds. The number of benzene rings is 1. The Morgan fingerprint density at radius 3 is 1.67 bits per heavy atom. The van der Waals surface area contributed by atoms with E-state index in [0.29, 0.717) is 12.1 Å². The van der Waals surface area contributed by atoms with Crippen LogP contribution in [-0.4, -0.2) is 11.8 Å². The van der Waals surface area contributed by atoms with E-state index in [1.54, 1.807) is 0 Å². The summed E-state index contributed by atoms with van der Waals surface area (Å²) in [6.45, 7) is 0. The van der Waals surface area contributed by atoms with Crippen molar-refractivity contribution in [3.63, 3.8) is 0 Å². The van der Waals surface area contributed by atoms with Gasteiger partial charge in [-0.1, -0.05) is 18.2 Å². The van der Waals surface area contributed by atoms with E-state index in [2.05, 4.69) is 0 Å². The van der Waals surface area contributed by atoms with Gasteiger partial charge in [0.15, 0.2) is 9.45 Å². The van der Waals surface area contributed by atoms with Crippen molar-refractivity contribution >= 4 is 9.45 Å². The predicted molar refractivity (Wildman–Crippen MR) is 47.6 cm³/mol. The van der Waals surface area contributed by atoms with Gasteiger partial charge in [-0.15, -0.1) is 11.7 Å². The molecule has 88 valence electrons. The van der Waals surface area contributed by atoms with Crippen LogP contribution in [0.25, 0.3) is 0 Å². The summed E-state index contributed by atoms with van der Waals surface area (Å²) in [5.74, 6) is 0. The Hall–Kier alpha value is -0.850. The lowest BCUT2D eigenvalue weighted by Crippen LogP contribution is -2.35. The Balaban J connectivity index is 3.58. The summed E-state index contributed by atoms with van der Waals surface area (Å²) in [5.41, 5.74) is -6.21. The molecule has 0 heterocycles. The first-order chi connectivity index (χ1) is 6.39. The Morgan fingerprint density at radius 1 is 0.933 bits per heavy atom. The molecule has 1 aromatic rings. The molecule has 0 fully saturated rings. The smallest absolute Gasteiger partial charge is 0.157 e. The third-order valence-electron chi connectivity index (χ3n) is 1.97. The zero-order valence-electron chi connectivity index (χ0n) is 7.56. The monoisotopic (exact) mass is 250 g/mol. The first-order valence-corrected chi connectivity index (χ1v) is 6.32. The quantitative estimate of drug-likeness (QED) is 0.632. The number of rotatable bonds is 1. The first kappa shape index (κ1) is 12.2. The van der Waals surface area contributed by atoms with E-state index in [1.807, 2.05) is 0 Å². The summed E-state index contributed by atoms with van der Waals surface area (Å²) in [4.78, 5) is -1.62. The van der Waals surface area contributed by atoms with Gasteiger partial charge in [0, 0.05) is 6.26 Å². The van der Waals surface area contributed by atoms with E-state index in [9.17, 15) is 24.8 Å². The number of hydrogen-bond donors (Lipinski definition) is 0. The van der Waals surface area contributed by atoms with Gasteiger partial charge >= 0.3 is 5.51 Å². The van der Waals surface area contributed by atoms with E-state index in [1.165, 1.54) is 6.07 Å². The van der Waals surface area contributed by atoms with Crippen LogP contribution in [0.5, 0.6) is 0 Å². The molecule has 0 aliphatic rings. The first-order valence-electron chi connectivity index (χ1n) is 3.76. The predicted octanol–water partition coefficient (Wildman–Crippen LogP) is 4.72. The Bertz CT molecular complexity index is 372. The summed E-state index contributed by atoms with van der Waals surface area (Å²) < 4.78 is 76.7. The molecule has 1 rings (SSSR count). The highest BCUT2D eigenvalue weighted by Crippen LogP contribution is 3.03. The van der Waals surface area contributed by atoms with E-state index in [0.717, 1.165) is 12.1 Å². The van der Waals surface area contributed by atoms with Gasteiger partial charge in [0.25, 0.3) is 0 Å². The Kier molecular flexibility index (Phi) is 2.00. The summed E-state index contributed by atoms with van der Waals surface area (Å²) in [6.07, 6.45) is -0.657. The van der Waals surface area contributed by atoms with Crippen molar-refractivity contribution in [1.82, 2.24) is 0 Å². The lowest BCUT2D eigenvalue weighted by atomic mass is 10.4. The minimum Gasteiger partial charge on any atom is -0.157 e. The molecule has 0 aliphatic heterocycles. The highest BCUT2D eigenvalue weighted by atomic mass is 32.4. The van der Waals surface area contributed by atoms with Gasteiger partial charge in [0.2, 0.25) is 0 Å². The summed E-state index contributed by atoms with van der Waals surface area (Å²) >= 11 is 0. The van der Waals surface area contributed by atoms with Crippen LogP contribution < -0.4 is 0 Å². The maximum absolute atomic E-state index is 13.4. The average molecular weight is 250 g/mol. The molecule has 0 atom stereocenters. The second-order valence-electron chi connectivity index (χ2n) is 3.37. The van der Waals surface area contributed by atoms with Crippen molar-refractivity contribution < 1.29 is 24.8 Å². The number of alkyl halides is 3. The second-order valence-corrected chi connectivity index (χ2v) is 7.53. The molecule has 0 saturated carbocycles. The van der Waals surface area contributed by atoms with Crippen molar-refractivity contribution in [3.05, 3.63) is 30.3 Å². The molecule has 0 nitrogen and oxygen atoms in total. The molecule has 0 radical (unpaired) electrons. The summed E-state index contributed by atoms with van der Waals surface area (Å²) in [5, 5.41) is 0. The van der Waals surface area contributed by atoms with Crippen LogP contribution in [0.3, 0.4) is 0 Å². The van der Waals surface area contributed by atoms with Gasteiger partial charge in [0.1, 0.15) is 0 Å². The summed E-state index contributed by atoms with van der Waals surface area (Å²) in [7, 11) is -8.70. The van der Waals surface area contributed by atoms with Crippen molar-refractivity contribution in [3.8, 4) is 0 Å². The molecule has 0 bridgehead atoms. The molecule has 0 spiro atoms. The molecular formula is C8H8F6S. The molecule has 1 aromatic carbocycles. The number of hydrogen-bond acceptors (Lipinski definition) is 0. The molecule has 15 heavy (non-hydrogen) atoms. The van der Waals surface area contributed by atoms with Gasteiger partial charge in [-0.2, -0.15) is 13.2 Å². The Labute approximate surface area is 82.0 Å². The highest BCUT2D eigenvalue weighted by Gasteiger charge is 2.79. The van der Waals surface area contributed by atoms with Crippen LogP contribution in [-0.2, 0) is 0 Å². The minimum atomic E-state index is -8.70. The highest BCUT2D eigenvalue weighted by molar-refractivity contribution is 8.53. The van der Waals surface area contributed by atoms with Gasteiger partial charge in [0.05, 0.1) is 4.90 Å². The molecular weight excluding hydrogens is 242 g/mol. The fourth-order valence-corrected chi connectivity index (χ4v) is 2.05. The standard InChI is InChI=1S/C8H8F6S/c1-15(12,13,14,8(9,10)11)7-5-3-2-4-6-7/h2-6H,1H3. The molecule has 0 unspecified atom stereocenters. The van der Waals surface area contributed by atoms with E-state index in [-0.39, 0.29) is 0 Å². The lowest BCUT2D eigenvalue weighted by Gasteiger charge is -2.54. The fraction of sp³-hybridized carbons (Fsp3) is 0.250. The number of halogens is 6. The van der Waals surface area contributed by atoms with Crippen molar-refractivity contribution in [2.75, 3.05) is 6.26 Å². The SMILES string of the molecule is CS(F)(F)(F)(c1ccccc1)C(F)(F)F. The van der Waals surface area contributed by atoms with Crippen LogP contribution in [0.4, 0.5) is 24.8 Å². The third kappa shape index (κ3) is 1.58. The molecule has 7 heteroatoms. The molecule has 0 aromatic heterocycles. The maximum Gasteiger partial charge on any atom is 0.485 e. The summed E-state index contributed by atoms with van der Waals surface area (Å²) in [6, 6.07) is 3.98. The van der Waals surface area contributed by atoms with Crippen molar-refractivity contribution in [2.45, 2.75) is 10.4 Å². The van der Waals surface area contributed by atoms with E-state index >= 15 is 0 Å². The zero-order chi connectivity index (χ0) is 12.0. The molecule has 0 aliphatic carbocycles. The van der Waals surface area contributed by atoms with Gasteiger partial charge in [-0.05, 0) is 12.1 Å². The van der Waals surface area contributed by atoms with Gasteiger partial charge < -0.3 is 0 Å². The fourth-order valence-electron chi connectivity index (χ4n) is 0.913. The second kappa shape index (κ2) is 2.45. The average Bonchev–Trinajstić information content (AvgIpc) is 2.02. The molecule has 0 N–H and O–H groups in total. The zero-order valence-corrected chi connectivity index (χ0v) is 8.38. The lowest BCUT2D eigenvalue weighted by molar-refractivity contribution is -0.0620. The topological polar surface area (TPSA) is 0 Å². The van der Waals surface area contributed by atoms with Crippen LogP contribution in [0.2, 0.25) is 0 Å². The molecule has 0 saturated heterocycles. The Morgan fingerprint density at radius 2 is 1.33 bits per heavy atom. The van der Waals surface area contributed by atoms with E-state index < -0.39 is 26.1 Å². The van der Waals surface area contributed by atoms with Crippen LogP contribution in [0.1, 0.15) is 0 Å². The van der Waals surface area contributed by atoms with E-state index in [4.69, 9.17) is 0 Å². The van der Waals surface area contributed by atoms with Crippen LogP contribution in [0.15, 0.2) is 35.2 Å². The van der Waals surface area contributed by atoms with Gasteiger partial charge in [-0.3, -0.25) is 0 Å². The van der Waals surface area contributed by atoms with Crippen molar-refractivity contribution in [1.29, 1.82) is 0 Å².